The standard InChI is InChI=1S/C26H28N6O/c1-30-22-7-6-18(26(33)31-10-8-19-13-28-21(19)15-31)11-20(22)29-25(30)23-12-17-3-2-9-27-24(17)32(23)14-16-4-5-16/h2-3,6-7,9,11-12,16,19,21,28H,4-5,8,10,13-15H2,1H3. The number of likely N-dealkylation sites (tertiary alicyclic amines) is 1. The average molecular weight is 441 g/mol. The smallest absolute Gasteiger partial charge is 0.253 e. The van der Waals surface area contributed by atoms with Crippen LogP contribution in [0.4, 0.5) is 0 Å². The minimum atomic E-state index is 0.114. The van der Waals surface area contributed by atoms with Crippen LogP contribution in [0.3, 0.4) is 0 Å². The summed E-state index contributed by atoms with van der Waals surface area (Å²) >= 11 is 0. The van der Waals surface area contributed by atoms with Gasteiger partial charge in [-0.2, -0.15) is 0 Å². The van der Waals surface area contributed by atoms with Gasteiger partial charge < -0.3 is 19.4 Å². The lowest BCUT2D eigenvalue weighted by atomic mass is 9.85. The molecule has 1 saturated carbocycles. The molecule has 1 aromatic carbocycles. The number of imidazole rings is 1. The zero-order chi connectivity index (χ0) is 22.1. The van der Waals surface area contributed by atoms with Crippen LogP contribution in [0.1, 0.15) is 29.6 Å². The van der Waals surface area contributed by atoms with E-state index in [1.54, 1.807) is 0 Å². The summed E-state index contributed by atoms with van der Waals surface area (Å²) < 4.78 is 4.47. The van der Waals surface area contributed by atoms with Crippen LogP contribution in [-0.4, -0.2) is 55.6 Å². The van der Waals surface area contributed by atoms with Gasteiger partial charge in [0, 0.05) is 49.9 Å². The van der Waals surface area contributed by atoms with Gasteiger partial charge in [-0.3, -0.25) is 4.79 Å². The van der Waals surface area contributed by atoms with Crippen LogP contribution in [0.25, 0.3) is 33.6 Å². The third kappa shape index (κ3) is 3.09. The maximum atomic E-state index is 13.2. The van der Waals surface area contributed by atoms with E-state index in [-0.39, 0.29) is 5.91 Å². The Labute approximate surface area is 192 Å². The van der Waals surface area contributed by atoms with Crippen LogP contribution >= 0.6 is 0 Å². The third-order valence-corrected chi connectivity index (χ3v) is 7.84. The van der Waals surface area contributed by atoms with Crippen LogP contribution in [-0.2, 0) is 13.6 Å². The predicted molar refractivity (Wildman–Crippen MR) is 128 cm³/mol. The first-order valence-electron chi connectivity index (χ1n) is 12.1. The Bertz CT molecular complexity index is 1400. The molecule has 2 atom stereocenters. The zero-order valence-corrected chi connectivity index (χ0v) is 18.9. The molecule has 7 heteroatoms. The summed E-state index contributed by atoms with van der Waals surface area (Å²) in [6.45, 7) is 3.74. The van der Waals surface area contributed by atoms with Gasteiger partial charge in [0.1, 0.15) is 5.65 Å². The Morgan fingerprint density at radius 2 is 2.09 bits per heavy atom. The molecule has 1 aliphatic carbocycles. The van der Waals surface area contributed by atoms with Crippen LogP contribution in [0.2, 0.25) is 0 Å². The van der Waals surface area contributed by atoms with Crippen LogP contribution in [0, 0.1) is 11.8 Å². The maximum Gasteiger partial charge on any atom is 0.253 e. The molecule has 33 heavy (non-hydrogen) atoms. The fourth-order valence-corrected chi connectivity index (χ4v) is 5.56. The molecule has 0 bridgehead atoms. The summed E-state index contributed by atoms with van der Waals surface area (Å²) in [6.07, 6.45) is 5.53. The van der Waals surface area contributed by atoms with Gasteiger partial charge in [-0.05, 0) is 74.0 Å². The topological polar surface area (TPSA) is 68.0 Å². The number of amides is 1. The molecule has 0 spiro atoms. The second kappa shape index (κ2) is 7.15. The van der Waals surface area contributed by atoms with Gasteiger partial charge in [-0.1, -0.05) is 0 Å². The molecule has 3 aromatic heterocycles. The van der Waals surface area contributed by atoms with Crippen molar-refractivity contribution in [3.63, 3.8) is 0 Å². The van der Waals surface area contributed by atoms with Crippen molar-refractivity contribution in [2.75, 3.05) is 19.6 Å². The first kappa shape index (κ1) is 19.3. The highest BCUT2D eigenvalue weighted by molar-refractivity contribution is 5.98. The van der Waals surface area contributed by atoms with Crippen molar-refractivity contribution in [1.29, 1.82) is 0 Å². The third-order valence-electron chi connectivity index (χ3n) is 7.84. The lowest BCUT2D eigenvalue weighted by molar-refractivity contribution is 0.0518. The van der Waals surface area contributed by atoms with Gasteiger partial charge in [0.15, 0.2) is 5.82 Å². The molecule has 1 amide bonds. The predicted octanol–water partition coefficient (Wildman–Crippen LogP) is 3.43. The molecule has 7 rings (SSSR count). The summed E-state index contributed by atoms with van der Waals surface area (Å²) in [4.78, 5) is 24.9. The Balaban J connectivity index is 1.27. The number of carbonyl (C=O) groups is 1. The summed E-state index contributed by atoms with van der Waals surface area (Å²) in [5.74, 6) is 2.51. The normalized spacial score (nSPS) is 22.5. The minimum Gasteiger partial charge on any atom is -0.337 e. The maximum absolute atomic E-state index is 13.2. The number of rotatable bonds is 4. The number of carbonyl (C=O) groups excluding carboxylic acids is 1. The molecule has 2 saturated heterocycles. The number of fused-ring (bicyclic) bond motifs is 3. The van der Waals surface area contributed by atoms with Crippen molar-refractivity contribution in [3.05, 3.63) is 48.2 Å². The summed E-state index contributed by atoms with van der Waals surface area (Å²) in [5, 5.41) is 4.60. The first-order chi connectivity index (χ1) is 16.2. The number of nitrogens with zero attached hydrogens (tertiary/aromatic N) is 5. The number of aryl methyl sites for hydroxylation is 1. The number of hydrogen-bond donors (Lipinski definition) is 1. The van der Waals surface area contributed by atoms with Gasteiger partial charge in [0.25, 0.3) is 5.91 Å². The summed E-state index contributed by atoms with van der Waals surface area (Å²) in [5.41, 5.74) is 4.75. The Hall–Kier alpha value is -3.19. The fraction of sp³-hybridized carbons (Fsp3) is 0.423. The average Bonchev–Trinajstić information content (AvgIpc) is 3.49. The number of pyridine rings is 1. The number of benzene rings is 1. The molecule has 0 radical (unpaired) electrons. The lowest BCUT2D eigenvalue weighted by Crippen LogP contribution is -2.62. The first-order valence-corrected chi connectivity index (χ1v) is 12.1. The van der Waals surface area contributed by atoms with E-state index in [0.29, 0.717) is 6.04 Å². The molecule has 3 fully saturated rings. The quantitative estimate of drug-likeness (QED) is 0.528. The molecule has 2 aliphatic heterocycles. The van der Waals surface area contributed by atoms with Gasteiger partial charge in [-0.25, -0.2) is 9.97 Å². The number of hydrogen-bond acceptors (Lipinski definition) is 4. The van der Waals surface area contributed by atoms with Crippen molar-refractivity contribution in [2.45, 2.75) is 31.8 Å². The largest absolute Gasteiger partial charge is 0.337 e. The van der Waals surface area contributed by atoms with Crippen molar-refractivity contribution in [2.24, 2.45) is 18.9 Å². The van der Waals surface area contributed by atoms with E-state index in [1.165, 1.54) is 12.8 Å². The van der Waals surface area contributed by atoms with E-state index in [2.05, 4.69) is 38.6 Å². The van der Waals surface area contributed by atoms with Gasteiger partial charge in [0.05, 0.1) is 16.7 Å². The van der Waals surface area contributed by atoms with Gasteiger partial charge in [0.2, 0.25) is 0 Å². The monoisotopic (exact) mass is 440 g/mol. The van der Waals surface area contributed by atoms with Crippen LogP contribution in [0.5, 0.6) is 0 Å². The van der Waals surface area contributed by atoms with E-state index in [9.17, 15) is 4.79 Å². The molecule has 168 valence electrons. The van der Waals surface area contributed by atoms with Crippen molar-refractivity contribution in [1.82, 2.24) is 29.3 Å². The Morgan fingerprint density at radius 3 is 2.88 bits per heavy atom. The molecule has 7 nitrogen and oxygen atoms in total. The van der Waals surface area contributed by atoms with Gasteiger partial charge >= 0.3 is 0 Å². The van der Waals surface area contributed by atoms with Crippen LogP contribution in [0.15, 0.2) is 42.6 Å². The Morgan fingerprint density at radius 1 is 1.18 bits per heavy atom. The van der Waals surface area contributed by atoms with Crippen molar-refractivity contribution in [3.8, 4) is 11.5 Å². The van der Waals surface area contributed by atoms with E-state index in [4.69, 9.17) is 4.98 Å². The molecule has 1 N–H and O–H groups in total. The van der Waals surface area contributed by atoms with E-state index < -0.39 is 0 Å². The number of nitrogens with one attached hydrogen (secondary N) is 1. The summed E-state index contributed by atoms with van der Waals surface area (Å²) in [6, 6.07) is 12.7. The molecule has 4 aromatic rings. The Kier molecular flexibility index (Phi) is 4.18. The van der Waals surface area contributed by atoms with Crippen LogP contribution < -0.4 is 5.32 Å². The molecule has 5 heterocycles. The summed E-state index contributed by atoms with van der Waals surface area (Å²) in [7, 11) is 2.06. The molecular formula is C26H28N6O. The number of aromatic nitrogens is 4. The molecular weight excluding hydrogens is 412 g/mol. The number of piperidine rings is 1. The lowest BCUT2D eigenvalue weighted by Gasteiger charge is -2.46. The molecule has 3 aliphatic rings. The van der Waals surface area contributed by atoms with E-state index in [1.807, 2.05) is 35.4 Å². The highest BCUT2D eigenvalue weighted by atomic mass is 16.2. The van der Waals surface area contributed by atoms with E-state index in [0.717, 1.165) is 83.6 Å². The second-order valence-corrected chi connectivity index (χ2v) is 10.0. The van der Waals surface area contributed by atoms with Gasteiger partial charge in [-0.15, -0.1) is 0 Å². The highest BCUT2D eigenvalue weighted by Crippen LogP contribution is 2.36. The zero-order valence-electron chi connectivity index (χ0n) is 18.9. The van der Waals surface area contributed by atoms with Crippen molar-refractivity contribution < 1.29 is 4.79 Å². The highest BCUT2D eigenvalue weighted by Gasteiger charge is 2.37. The molecule has 2 unspecified atom stereocenters. The SMILES string of the molecule is Cn1c(-c2cc3cccnc3n2CC2CC2)nc2cc(C(=O)N3CCC4CNC4C3)ccc21. The fourth-order valence-electron chi connectivity index (χ4n) is 5.56. The minimum absolute atomic E-state index is 0.114. The van der Waals surface area contributed by atoms with E-state index >= 15 is 0 Å². The van der Waals surface area contributed by atoms with Crippen molar-refractivity contribution >= 4 is 28.0 Å². The second-order valence-electron chi connectivity index (χ2n) is 10.0.